The number of carbonyl (C=O) groups excluding carboxylic acids is 1. The van der Waals surface area contributed by atoms with Gasteiger partial charge in [0, 0.05) is 18.0 Å². The highest BCUT2D eigenvalue weighted by molar-refractivity contribution is 5.92. The molecule has 0 aliphatic rings. The van der Waals surface area contributed by atoms with Crippen molar-refractivity contribution in [3.63, 3.8) is 0 Å². The maximum Gasteiger partial charge on any atom is 0.246 e. The summed E-state index contributed by atoms with van der Waals surface area (Å²) in [6.45, 7) is 0.419. The number of rotatable bonds is 4. The molecule has 1 amide bonds. The van der Waals surface area contributed by atoms with Gasteiger partial charge in [0.1, 0.15) is 12.3 Å². The molecule has 0 fully saturated rings. The quantitative estimate of drug-likeness (QED) is 0.815. The first-order valence-corrected chi connectivity index (χ1v) is 6.37. The second-order valence-corrected chi connectivity index (χ2v) is 4.17. The highest BCUT2D eigenvalue weighted by Gasteiger charge is 2.09. The van der Waals surface area contributed by atoms with Gasteiger partial charge in [0.15, 0.2) is 0 Å². The van der Waals surface area contributed by atoms with Crippen LogP contribution in [-0.4, -0.2) is 29.3 Å². The molecule has 1 aromatic carbocycles. The third-order valence-corrected chi connectivity index (χ3v) is 2.67. The van der Waals surface area contributed by atoms with Gasteiger partial charge in [-0.05, 0) is 24.3 Å². The smallest absolute Gasteiger partial charge is 0.246 e. The lowest BCUT2D eigenvalue weighted by molar-refractivity contribution is -0.116. The van der Waals surface area contributed by atoms with E-state index in [2.05, 4.69) is 22.3 Å². The van der Waals surface area contributed by atoms with Crippen LogP contribution in [0.1, 0.15) is 5.56 Å². The Morgan fingerprint density at radius 3 is 3.05 bits per heavy atom. The molecule has 0 radical (unpaired) electrons. The van der Waals surface area contributed by atoms with Gasteiger partial charge in [0.2, 0.25) is 5.91 Å². The summed E-state index contributed by atoms with van der Waals surface area (Å²) >= 11 is 0. The Bertz CT molecular complexity index is 669. The summed E-state index contributed by atoms with van der Waals surface area (Å²) in [7, 11) is 1.55. The van der Waals surface area contributed by atoms with Crippen LogP contribution in [0.5, 0.6) is 5.75 Å². The fourth-order valence-electron chi connectivity index (χ4n) is 1.77. The van der Waals surface area contributed by atoms with E-state index in [0.29, 0.717) is 11.4 Å². The lowest BCUT2D eigenvalue weighted by Gasteiger charge is -2.10. The molecule has 1 aromatic heterocycles. The topological polar surface area (TPSA) is 82.2 Å². The standard InChI is InChI=1S/C15H16N4O2/c1-21-14-6-5-12(4-2-7-16)10-13(14)18-15(20)11-19-9-3-8-17-19/h3,5-6,8-10H,7,11,16H2,1H3,(H,18,20). The van der Waals surface area contributed by atoms with Crippen LogP contribution < -0.4 is 15.8 Å². The number of methoxy groups -OCH3 is 1. The molecule has 0 bridgehead atoms. The molecule has 6 heteroatoms. The Morgan fingerprint density at radius 1 is 1.52 bits per heavy atom. The van der Waals surface area contributed by atoms with E-state index in [4.69, 9.17) is 10.5 Å². The highest BCUT2D eigenvalue weighted by atomic mass is 16.5. The number of anilines is 1. The highest BCUT2D eigenvalue weighted by Crippen LogP contribution is 2.25. The summed E-state index contributed by atoms with van der Waals surface area (Å²) in [5.74, 6) is 6.06. The van der Waals surface area contributed by atoms with Crippen molar-refractivity contribution in [2.24, 2.45) is 5.73 Å². The van der Waals surface area contributed by atoms with Gasteiger partial charge in [-0.15, -0.1) is 0 Å². The minimum Gasteiger partial charge on any atom is -0.495 e. The average Bonchev–Trinajstić information content (AvgIpc) is 2.98. The molecule has 0 unspecified atom stereocenters. The summed E-state index contributed by atoms with van der Waals surface area (Å²) in [5.41, 5.74) is 6.68. The maximum atomic E-state index is 12.0. The minimum absolute atomic E-state index is 0.134. The van der Waals surface area contributed by atoms with Gasteiger partial charge >= 0.3 is 0 Å². The van der Waals surface area contributed by atoms with E-state index < -0.39 is 0 Å². The predicted molar refractivity (Wildman–Crippen MR) is 79.8 cm³/mol. The number of benzene rings is 1. The van der Waals surface area contributed by atoms with Crippen molar-refractivity contribution in [1.82, 2.24) is 9.78 Å². The summed E-state index contributed by atoms with van der Waals surface area (Å²) in [5, 5.41) is 6.78. The molecule has 0 spiro atoms. The number of hydrogen-bond acceptors (Lipinski definition) is 4. The van der Waals surface area contributed by atoms with Crippen LogP contribution in [0, 0.1) is 11.8 Å². The Balaban J connectivity index is 2.14. The molecule has 0 aliphatic heterocycles. The van der Waals surface area contributed by atoms with Crippen molar-refractivity contribution in [2.45, 2.75) is 6.54 Å². The van der Waals surface area contributed by atoms with Gasteiger partial charge in [-0.25, -0.2) is 0 Å². The second kappa shape index (κ2) is 7.12. The Kier molecular flexibility index (Phi) is 4.96. The zero-order chi connectivity index (χ0) is 15.1. The van der Waals surface area contributed by atoms with E-state index in [0.717, 1.165) is 5.56 Å². The monoisotopic (exact) mass is 284 g/mol. The van der Waals surface area contributed by atoms with Crippen LogP contribution in [0.25, 0.3) is 0 Å². The van der Waals surface area contributed by atoms with E-state index in [1.54, 1.807) is 42.4 Å². The third kappa shape index (κ3) is 4.09. The molecule has 21 heavy (non-hydrogen) atoms. The third-order valence-electron chi connectivity index (χ3n) is 2.67. The number of nitrogens with zero attached hydrogens (tertiary/aromatic N) is 2. The van der Waals surface area contributed by atoms with Crippen LogP contribution in [0.15, 0.2) is 36.7 Å². The van der Waals surface area contributed by atoms with Gasteiger partial charge in [-0.2, -0.15) is 5.10 Å². The average molecular weight is 284 g/mol. The zero-order valence-corrected chi connectivity index (χ0v) is 11.7. The van der Waals surface area contributed by atoms with Crippen LogP contribution in [0.3, 0.4) is 0 Å². The number of nitrogens with one attached hydrogen (secondary N) is 1. The number of amides is 1. The number of carbonyl (C=O) groups is 1. The molecule has 3 N–H and O–H groups in total. The lowest BCUT2D eigenvalue weighted by Crippen LogP contribution is -2.19. The molecule has 2 aromatic rings. The molecule has 0 saturated carbocycles. The van der Waals surface area contributed by atoms with Crippen molar-refractivity contribution in [3.05, 3.63) is 42.2 Å². The van der Waals surface area contributed by atoms with E-state index >= 15 is 0 Å². The first-order valence-electron chi connectivity index (χ1n) is 6.37. The van der Waals surface area contributed by atoms with E-state index in [9.17, 15) is 4.79 Å². The largest absolute Gasteiger partial charge is 0.495 e. The number of aromatic nitrogens is 2. The van der Waals surface area contributed by atoms with E-state index in [1.165, 1.54) is 0 Å². The lowest BCUT2D eigenvalue weighted by atomic mass is 10.2. The fourth-order valence-corrected chi connectivity index (χ4v) is 1.77. The first kappa shape index (κ1) is 14.6. The molecular weight excluding hydrogens is 268 g/mol. The van der Waals surface area contributed by atoms with Gasteiger partial charge in [0.05, 0.1) is 19.3 Å². The van der Waals surface area contributed by atoms with Gasteiger partial charge in [-0.1, -0.05) is 11.8 Å². The minimum atomic E-state index is -0.194. The SMILES string of the molecule is COc1ccc(C#CCN)cc1NC(=O)Cn1cccn1. The van der Waals surface area contributed by atoms with Crippen LogP contribution in [-0.2, 0) is 11.3 Å². The molecule has 0 aliphatic carbocycles. The molecular formula is C15H16N4O2. The van der Waals surface area contributed by atoms with Crippen molar-refractivity contribution in [3.8, 4) is 17.6 Å². The van der Waals surface area contributed by atoms with Crippen LogP contribution >= 0.6 is 0 Å². The van der Waals surface area contributed by atoms with Crippen molar-refractivity contribution >= 4 is 11.6 Å². The molecule has 6 nitrogen and oxygen atoms in total. The number of ether oxygens (including phenoxy) is 1. The summed E-state index contributed by atoms with van der Waals surface area (Å²) in [6.07, 6.45) is 3.34. The normalized spacial score (nSPS) is 9.62. The summed E-state index contributed by atoms with van der Waals surface area (Å²) in [4.78, 5) is 12.0. The Morgan fingerprint density at radius 2 is 2.38 bits per heavy atom. The van der Waals surface area contributed by atoms with Crippen molar-refractivity contribution in [1.29, 1.82) is 0 Å². The van der Waals surface area contributed by atoms with Crippen LogP contribution in [0.4, 0.5) is 5.69 Å². The Hall–Kier alpha value is -2.78. The van der Waals surface area contributed by atoms with E-state index in [-0.39, 0.29) is 19.0 Å². The predicted octanol–water partition coefficient (Wildman–Crippen LogP) is 0.841. The molecule has 108 valence electrons. The second-order valence-electron chi connectivity index (χ2n) is 4.17. The van der Waals surface area contributed by atoms with Gasteiger partial charge in [0.25, 0.3) is 0 Å². The summed E-state index contributed by atoms with van der Waals surface area (Å²) in [6, 6.07) is 7.08. The number of hydrogen-bond donors (Lipinski definition) is 2. The Labute approximate surface area is 122 Å². The maximum absolute atomic E-state index is 12.0. The number of nitrogens with two attached hydrogens (primary N) is 1. The van der Waals surface area contributed by atoms with E-state index in [1.807, 2.05) is 6.07 Å². The first-order chi connectivity index (χ1) is 10.2. The molecule has 2 rings (SSSR count). The van der Waals surface area contributed by atoms with Crippen LogP contribution in [0.2, 0.25) is 0 Å². The molecule has 0 saturated heterocycles. The van der Waals surface area contributed by atoms with Gasteiger partial charge in [-0.3, -0.25) is 9.48 Å². The van der Waals surface area contributed by atoms with Gasteiger partial charge < -0.3 is 15.8 Å². The van der Waals surface area contributed by atoms with Crippen molar-refractivity contribution in [2.75, 3.05) is 19.0 Å². The molecule has 1 heterocycles. The fraction of sp³-hybridized carbons (Fsp3) is 0.200. The zero-order valence-electron chi connectivity index (χ0n) is 11.7. The molecule has 0 atom stereocenters. The van der Waals surface area contributed by atoms with Crippen molar-refractivity contribution < 1.29 is 9.53 Å². The summed E-state index contributed by atoms with van der Waals surface area (Å²) < 4.78 is 6.77.